The Balaban J connectivity index is 1.62. The van der Waals surface area contributed by atoms with Crippen LogP contribution in [0.3, 0.4) is 0 Å². The number of thiophene rings is 1. The number of alkyl carbamates (subject to hydrolysis) is 1. The predicted octanol–water partition coefficient (Wildman–Crippen LogP) is 4.04. The molecule has 6 nitrogen and oxygen atoms in total. The van der Waals surface area contributed by atoms with Gasteiger partial charge in [0.2, 0.25) is 5.88 Å². The molecule has 0 aromatic carbocycles. The molecule has 2 aromatic heterocycles. The van der Waals surface area contributed by atoms with E-state index in [1.165, 1.54) is 10.4 Å². The first-order valence-corrected chi connectivity index (χ1v) is 9.40. The third kappa shape index (κ3) is 7.41. The fourth-order valence-electron chi connectivity index (χ4n) is 2.07. The molecule has 2 rings (SSSR count). The van der Waals surface area contributed by atoms with Crippen molar-refractivity contribution in [1.82, 2.24) is 10.3 Å². The van der Waals surface area contributed by atoms with Gasteiger partial charge in [0.15, 0.2) is 0 Å². The first-order chi connectivity index (χ1) is 12.3. The Bertz CT molecular complexity index is 710. The Labute approximate surface area is 158 Å². The average Bonchev–Trinajstić information content (AvgIpc) is 2.99. The van der Waals surface area contributed by atoms with Crippen LogP contribution in [0, 0.1) is 6.92 Å². The highest BCUT2D eigenvalue weighted by Gasteiger charge is 2.15. The highest BCUT2D eigenvalue weighted by molar-refractivity contribution is 7.13. The van der Waals surface area contributed by atoms with Gasteiger partial charge in [0, 0.05) is 23.7 Å². The van der Waals surface area contributed by atoms with Gasteiger partial charge in [0.25, 0.3) is 0 Å². The van der Waals surface area contributed by atoms with Crippen LogP contribution in [-0.4, -0.2) is 43.0 Å². The largest absolute Gasteiger partial charge is 0.475 e. The SMILES string of the molecule is Cc1csc(-c2ccnc(OCCOCCNC(=O)OC(C)(C)C)c2)c1. The van der Waals surface area contributed by atoms with Gasteiger partial charge in [0.1, 0.15) is 12.2 Å². The molecule has 1 amide bonds. The molecule has 0 aliphatic carbocycles. The van der Waals surface area contributed by atoms with Crippen LogP contribution in [0.2, 0.25) is 0 Å². The summed E-state index contributed by atoms with van der Waals surface area (Å²) in [6.45, 7) is 9.14. The lowest BCUT2D eigenvalue weighted by atomic mass is 10.2. The number of ether oxygens (including phenoxy) is 3. The molecule has 0 aliphatic rings. The average molecular weight is 378 g/mol. The van der Waals surface area contributed by atoms with Crippen molar-refractivity contribution in [3.63, 3.8) is 0 Å². The number of nitrogens with zero attached hydrogens (tertiary/aromatic N) is 1. The van der Waals surface area contributed by atoms with Crippen molar-refractivity contribution < 1.29 is 19.0 Å². The highest BCUT2D eigenvalue weighted by Crippen LogP contribution is 2.28. The zero-order valence-electron chi connectivity index (χ0n) is 15.7. The number of carbonyl (C=O) groups is 1. The van der Waals surface area contributed by atoms with Crippen LogP contribution < -0.4 is 10.1 Å². The summed E-state index contributed by atoms with van der Waals surface area (Å²) < 4.78 is 16.2. The zero-order chi connectivity index (χ0) is 19.0. The molecule has 0 unspecified atom stereocenters. The van der Waals surface area contributed by atoms with Crippen molar-refractivity contribution in [3.8, 4) is 16.3 Å². The molecule has 7 heteroatoms. The number of hydrogen-bond donors (Lipinski definition) is 1. The summed E-state index contributed by atoms with van der Waals surface area (Å²) >= 11 is 1.70. The summed E-state index contributed by atoms with van der Waals surface area (Å²) in [6.07, 6.45) is 1.30. The van der Waals surface area contributed by atoms with E-state index >= 15 is 0 Å². The molecule has 0 spiro atoms. The van der Waals surface area contributed by atoms with Gasteiger partial charge in [-0.1, -0.05) is 0 Å². The van der Waals surface area contributed by atoms with E-state index in [1.54, 1.807) is 17.5 Å². The van der Waals surface area contributed by atoms with Crippen LogP contribution in [0.15, 0.2) is 29.8 Å². The smallest absolute Gasteiger partial charge is 0.407 e. The Morgan fingerprint density at radius 1 is 1.23 bits per heavy atom. The quantitative estimate of drug-likeness (QED) is 0.702. The molecule has 26 heavy (non-hydrogen) atoms. The van der Waals surface area contributed by atoms with E-state index in [0.717, 1.165) is 5.56 Å². The fraction of sp³-hybridized carbons (Fsp3) is 0.474. The second-order valence-corrected chi connectivity index (χ2v) is 7.67. The first-order valence-electron chi connectivity index (χ1n) is 8.52. The summed E-state index contributed by atoms with van der Waals surface area (Å²) in [5, 5.41) is 4.76. The van der Waals surface area contributed by atoms with E-state index < -0.39 is 11.7 Å². The molecule has 2 heterocycles. The van der Waals surface area contributed by atoms with Crippen LogP contribution in [0.4, 0.5) is 4.79 Å². The lowest BCUT2D eigenvalue weighted by Gasteiger charge is -2.19. The Kier molecular flexibility index (Phi) is 7.41. The van der Waals surface area contributed by atoms with E-state index in [0.29, 0.717) is 32.2 Å². The third-order valence-electron chi connectivity index (χ3n) is 3.14. The Morgan fingerprint density at radius 2 is 2.04 bits per heavy atom. The van der Waals surface area contributed by atoms with Crippen molar-refractivity contribution in [2.75, 3.05) is 26.4 Å². The van der Waals surface area contributed by atoms with Crippen LogP contribution in [0.1, 0.15) is 26.3 Å². The molecule has 0 radical (unpaired) electrons. The lowest BCUT2D eigenvalue weighted by molar-refractivity contribution is 0.0488. The summed E-state index contributed by atoms with van der Waals surface area (Å²) in [5.41, 5.74) is 1.84. The van der Waals surface area contributed by atoms with Gasteiger partial charge in [-0.15, -0.1) is 11.3 Å². The molecule has 2 aromatic rings. The number of pyridine rings is 1. The number of nitrogens with one attached hydrogen (secondary N) is 1. The monoisotopic (exact) mass is 378 g/mol. The molecule has 0 bridgehead atoms. The minimum Gasteiger partial charge on any atom is -0.475 e. The maximum atomic E-state index is 11.5. The Hall–Kier alpha value is -2.12. The summed E-state index contributed by atoms with van der Waals surface area (Å²) in [6, 6.07) is 6.04. The summed E-state index contributed by atoms with van der Waals surface area (Å²) in [7, 11) is 0. The minimum absolute atomic E-state index is 0.389. The van der Waals surface area contributed by atoms with Crippen LogP contribution in [0.5, 0.6) is 5.88 Å². The zero-order valence-corrected chi connectivity index (χ0v) is 16.5. The first kappa shape index (κ1) is 20.2. The summed E-state index contributed by atoms with van der Waals surface area (Å²) in [4.78, 5) is 16.9. The van der Waals surface area contributed by atoms with Gasteiger partial charge in [-0.2, -0.15) is 0 Å². The summed E-state index contributed by atoms with van der Waals surface area (Å²) in [5.74, 6) is 0.573. The van der Waals surface area contributed by atoms with Crippen molar-refractivity contribution in [2.45, 2.75) is 33.3 Å². The normalized spacial score (nSPS) is 11.2. The molecule has 0 saturated heterocycles. The van der Waals surface area contributed by atoms with Crippen molar-refractivity contribution >= 4 is 17.4 Å². The van der Waals surface area contributed by atoms with E-state index in [-0.39, 0.29) is 0 Å². The number of rotatable bonds is 8. The topological polar surface area (TPSA) is 69.7 Å². The van der Waals surface area contributed by atoms with Gasteiger partial charge in [-0.25, -0.2) is 9.78 Å². The molecule has 0 atom stereocenters. The number of aromatic nitrogens is 1. The second kappa shape index (κ2) is 9.54. The molecular weight excluding hydrogens is 352 g/mol. The maximum Gasteiger partial charge on any atom is 0.407 e. The van der Waals surface area contributed by atoms with Crippen LogP contribution >= 0.6 is 11.3 Å². The van der Waals surface area contributed by atoms with E-state index in [4.69, 9.17) is 14.2 Å². The standard InChI is InChI=1S/C19H26N2O4S/c1-14-11-16(26-13-14)15-5-6-20-17(12-15)24-10-9-23-8-7-21-18(22)25-19(2,3)4/h5-6,11-13H,7-10H2,1-4H3,(H,21,22). The van der Waals surface area contributed by atoms with Crippen molar-refractivity contribution in [3.05, 3.63) is 35.3 Å². The van der Waals surface area contributed by atoms with E-state index in [9.17, 15) is 4.79 Å². The molecule has 142 valence electrons. The Morgan fingerprint density at radius 3 is 2.73 bits per heavy atom. The maximum absolute atomic E-state index is 11.5. The van der Waals surface area contributed by atoms with E-state index in [2.05, 4.69) is 28.7 Å². The molecule has 1 N–H and O–H groups in total. The number of hydrogen-bond acceptors (Lipinski definition) is 6. The lowest BCUT2D eigenvalue weighted by Crippen LogP contribution is -2.34. The van der Waals surface area contributed by atoms with Gasteiger partial charge in [-0.3, -0.25) is 0 Å². The molecule has 0 fully saturated rings. The van der Waals surface area contributed by atoms with Gasteiger partial charge in [0.05, 0.1) is 13.2 Å². The van der Waals surface area contributed by atoms with Crippen LogP contribution in [-0.2, 0) is 9.47 Å². The number of aryl methyl sites for hydroxylation is 1. The predicted molar refractivity (Wildman–Crippen MR) is 103 cm³/mol. The molecule has 0 saturated carbocycles. The molecular formula is C19H26N2O4S. The fourth-order valence-corrected chi connectivity index (χ4v) is 2.97. The minimum atomic E-state index is -0.498. The van der Waals surface area contributed by atoms with Gasteiger partial charge < -0.3 is 19.5 Å². The van der Waals surface area contributed by atoms with Crippen LogP contribution in [0.25, 0.3) is 10.4 Å². The van der Waals surface area contributed by atoms with Gasteiger partial charge in [-0.05, 0) is 56.3 Å². The van der Waals surface area contributed by atoms with Crippen molar-refractivity contribution in [1.29, 1.82) is 0 Å². The van der Waals surface area contributed by atoms with Crippen molar-refractivity contribution in [2.24, 2.45) is 0 Å². The molecule has 0 aliphatic heterocycles. The second-order valence-electron chi connectivity index (χ2n) is 6.76. The number of carbonyl (C=O) groups excluding carboxylic acids is 1. The highest BCUT2D eigenvalue weighted by atomic mass is 32.1. The third-order valence-corrected chi connectivity index (χ3v) is 4.24. The number of amides is 1. The van der Waals surface area contributed by atoms with Gasteiger partial charge >= 0.3 is 6.09 Å². The van der Waals surface area contributed by atoms with E-state index in [1.807, 2.05) is 32.9 Å².